The molecule has 3 aliphatic rings. The van der Waals surface area contributed by atoms with Crippen LogP contribution in [-0.2, 0) is 0 Å². The Bertz CT molecular complexity index is 789. The Kier molecular flexibility index (Phi) is 2.21. The van der Waals surface area contributed by atoms with E-state index in [1.807, 2.05) is 9.91 Å². The van der Waals surface area contributed by atoms with E-state index in [0.29, 0.717) is 11.8 Å². The fraction of sp³-hybridized carbons (Fsp3) is 0.250. The summed E-state index contributed by atoms with van der Waals surface area (Å²) in [4.78, 5) is 6.27. The highest BCUT2D eigenvalue weighted by Crippen LogP contribution is 2.58. The van der Waals surface area contributed by atoms with Gasteiger partial charge in [-0.25, -0.2) is 18.8 Å². The number of nitrogens with zero attached hydrogens (tertiary/aromatic N) is 4. The van der Waals surface area contributed by atoms with Crippen molar-refractivity contribution in [3.63, 3.8) is 0 Å². The van der Waals surface area contributed by atoms with Crippen molar-refractivity contribution in [1.29, 1.82) is 0 Å². The number of halogens is 2. The van der Waals surface area contributed by atoms with Crippen molar-refractivity contribution in [3.05, 3.63) is 53.7 Å². The predicted molar refractivity (Wildman–Crippen MR) is 78.7 cm³/mol. The maximum absolute atomic E-state index is 13.4. The molecule has 0 N–H and O–H groups in total. The molecule has 0 amide bonds. The van der Waals surface area contributed by atoms with E-state index in [1.54, 1.807) is 24.5 Å². The van der Waals surface area contributed by atoms with Crippen molar-refractivity contribution in [3.8, 4) is 0 Å². The lowest BCUT2D eigenvalue weighted by Gasteiger charge is -2.34. The molecule has 0 radical (unpaired) electrons. The van der Waals surface area contributed by atoms with Crippen molar-refractivity contribution in [1.82, 2.24) is 4.98 Å². The summed E-state index contributed by atoms with van der Waals surface area (Å²) >= 11 is 0. The Labute approximate surface area is 125 Å². The van der Waals surface area contributed by atoms with Crippen molar-refractivity contribution >= 4 is 17.8 Å². The van der Waals surface area contributed by atoms with Crippen LogP contribution >= 0.6 is 0 Å². The summed E-state index contributed by atoms with van der Waals surface area (Å²) < 4.78 is 26.6. The molecule has 1 fully saturated rings. The van der Waals surface area contributed by atoms with Gasteiger partial charge in [0, 0.05) is 17.2 Å². The van der Waals surface area contributed by atoms with Gasteiger partial charge in [-0.05, 0) is 42.7 Å². The molecule has 110 valence electrons. The Morgan fingerprint density at radius 3 is 2.73 bits per heavy atom. The standard InChI is InChI=1S/C16H12F2N4/c17-9-1-3-11(4-2-9)21-8-20-22-15-13(5-10(18)7-19-15)12-6-14(12)16(21)22/h1-5,7-8,12,14,16H,6H2. The summed E-state index contributed by atoms with van der Waals surface area (Å²) in [5.41, 5.74) is 1.84. The zero-order valence-electron chi connectivity index (χ0n) is 11.5. The van der Waals surface area contributed by atoms with Crippen LogP contribution in [0.25, 0.3) is 0 Å². The number of fused-ring (bicyclic) bond motifs is 6. The number of hydrazone groups is 1. The van der Waals surface area contributed by atoms with Gasteiger partial charge >= 0.3 is 0 Å². The van der Waals surface area contributed by atoms with Crippen LogP contribution in [0.3, 0.4) is 0 Å². The summed E-state index contributed by atoms with van der Waals surface area (Å²) in [6.07, 6.45) is 4.02. The van der Waals surface area contributed by atoms with E-state index in [2.05, 4.69) is 10.1 Å². The Balaban J connectivity index is 1.57. The van der Waals surface area contributed by atoms with Crippen LogP contribution in [0, 0.1) is 17.6 Å². The van der Waals surface area contributed by atoms with E-state index in [9.17, 15) is 8.78 Å². The summed E-state index contributed by atoms with van der Waals surface area (Å²) in [6.45, 7) is 0. The van der Waals surface area contributed by atoms with E-state index in [-0.39, 0.29) is 17.8 Å². The molecule has 1 aromatic heterocycles. The number of anilines is 2. The molecule has 3 atom stereocenters. The largest absolute Gasteiger partial charge is 0.308 e. The first kappa shape index (κ1) is 12.1. The van der Waals surface area contributed by atoms with E-state index >= 15 is 0 Å². The van der Waals surface area contributed by atoms with Gasteiger partial charge in [-0.1, -0.05) is 0 Å². The summed E-state index contributed by atoms with van der Waals surface area (Å²) in [5, 5.41) is 6.30. The van der Waals surface area contributed by atoms with Crippen LogP contribution in [0.4, 0.5) is 20.3 Å². The summed E-state index contributed by atoms with van der Waals surface area (Å²) in [6, 6.07) is 7.95. The minimum absolute atomic E-state index is 0.0425. The molecular formula is C16H12F2N4. The second-order valence-electron chi connectivity index (χ2n) is 5.95. The highest BCUT2D eigenvalue weighted by Gasteiger charge is 2.56. The third-order valence-corrected chi connectivity index (χ3v) is 4.66. The van der Waals surface area contributed by atoms with Gasteiger partial charge in [-0.2, -0.15) is 5.10 Å². The molecule has 22 heavy (non-hydrogen) atoms. The fourth-order valence-corrected chi connectivity index (χ4v) is 3.58. The first-order valence-corrected chi connectivity index (χ1v) is 7.25. The average Bonchev–Trinajstić information content (AvgIpc) is 3.20. The second-order valence-corrected chi connectivity index (χ2v) is 5.95. The normalized spacial score (nSPS) is 27.5. The number of hydrogen-bond acceptors (Lipinski definition) is 4. The first-order valence-electron chi connectivity index (χ1n) is 7.25. The van der Waals surface area contributed by atoms with Gasteiger partial charge in [-0.15, -0.1) is 0 Å². The maximum atomic E-state index is 13.4. The number of hydrogen-bond donors (Lipinski definition) is 0. The van der Waals surface area contributed by atoms with Gasteiger partial charge in [0.15, 0.2) is 5.82 Å². The monoisotopic (exact) mass is 298 g/mol. The second kappa shape index (κ2) is 4.03. The summed E-state index contributed by atoms with van der Waals surface area (Å²) in [5.74, 6) is 0.896. The third kappa shape index (κ3) is 1.55. The van der Waals surface area contributed by atoms with Gasteiger partial charge in [0.2, 0.25) is 0 Å². The molecule has 1 aliphatic carbocycles. The van der Waals surface area contributed by atoms with Gasteiger partial charge in [0.1, 0.15) is 24.1 Å². The SMILES string of the molecule is Fc1ccc(N2C=NN3c4ncc(F)cc4C4CC4C23)cc1. The van der Waals surface area contributed by atoms with Crippen molar-refractivity contribution in [2.24, 2.45) is 11.0 Å². The summed E-state index contributed by atoms with van der Waals surface area (Å²) in [7, 11) is 0. The predicted octanol–water partition coefficient (Wildman–Crippen LogP) is 3.07. The molecular weight excluding hydrogens is 286 g/mol. The van der Waals surface area contributed by atoms with Gasteiger partial charge in [-0.3, -0.25) is 0 Å². The quantitative estimate of drug-likeness (QED) is 0.811. The van der Waals surface area contributed by atoms with Gasteiger partial charge < -0.3 is 4.90 Å². The molecule has 3 heterocycles. The highest BCUT2D eigenvalue weighted by atomic mass is 19.1. The van der Waals surface area contributed by atoms with Gasteiger partial charge in [0.05, 0.1) is 6.20 Å². The van der Waals surface area contributed by atoms with Crippen LogP contribution < -0.4 is 9.91 Å². The van der Waals surface area contributed by atoms with Crippen molar-refractivity contribution < 1.29 is 8.78 Å². The lowest BCUT2D eigenvalue weighted by Crippen LogP contribution is -2.44. The molecule has 0 bridgehead atoms. The minimum atomic E-state index is -0.304. The molecule has 1 saturated carbocycles. The number of aromatic nitrogens is 1. The molecule has 2 aliphatic heterocycles. The lowest BCUT2D eigenvalue weighted by molar-refractivity contribution is 0.541. The third-order valence-electron chi connectivity index (χ3n) is 4.66. The van der Waals surface area contributed by atoms with Crippen molar-refractivity contribution in [2.45, 2.75) is 18.5 Å². The maximum Gasteiger partial charge on any atom is 0.154 e. The van der Waals surface area contributed by atoms with Crippen LogP contribution in [-0.4, -0.2) is 17.5 Å². The Hall–Kier alpha value is -2.50. The van der Waals surface area contributed by atoms with E-state index in [0.717, 1.165) is 23.5 Å². The molecule has 2 aromatic rings. The smallest absolute Gasteiger partial charge is 0.154 e. The molecule has 0 saturated heterocycles. The topological polar surface area (TPSA) is 31.7 Å². The first-order chi connectivity index (χ1) is 10.7. The van der Waals surface area contributed by atoms with Crippen LogP contribution in [0.5, 0.6) is 0 Å². The van der Waals surface area contributed by atoms with E-state index in [4.69, 9.17) is 0 Å². The number of rotatable bonds is 1. The lowest BCUT2D eigenvalue weighted by atomic mass is 10.0. The van der Waals surface area contributed by atoms with E-state index < -0.39 is 0 Å². The molecule has 4 nitrogen and oxygen atoms in total. The van der Waals surface area contributed by atoms with Crippen LogP contribution in [0.1, 0.15) is 17.9 Å². The fourth-order valence-electron chi connectivity index (χ4n) is 3.58. The van der Waals surface area contributed by atoms with E-state index in [1.165, 1.54) is 18.3 Å². The van der Waals surface area contributed by atoms with Gasteiger partial charge in [0.25, 0.3) is 0 Å². The minimum Gasteiger partial charge on any atom is -0.308 e. The van der Waals surface area contributed by atoms with Crippen LogP contribution in [0.15, 0.2) is 41.6 Å². The molecule has 1 aromatic carbocycles. The molecule has 3 unspecified atom stereocenters. The van der Waals surface area contributed by atoms with Crippen LogP contribution in [0.2, 0.25) is 0 Å². The number of benzene rings is 1. The molecule has 5 rings (SSSR count). The Morgan fingerprint density at radius 1 is 1.09 bits per heavy atom. The van der Waals surface area contributed by atoms with Crippen molar-refractivity contribution in [2.75, 3.05) is 9.91 Å². The number of pyridine rings is 1. The Morgan fingerprint density at radius 2 is 1.91 bits per heavy atom. The zero-order chi connectivity index (χ0) is 14.8. The average molecular weight is 298 g/mol. The zero-order valence-corrected chi connectivity index (χ0v) is 11.5. The molecule has 0 spiro atoms. The highest BCUT2D eigenvalue weighted by molar-refractivity contribution is 5.85. The molecule has 6 heteroatoms.